The molecule has 1 amide bonds. The van der Waals surface area contributed by atoms with Gasteiger partial charge in [-0.15, -0.1) is 0 Å². The zero-order valence-electron chi connectivity index (χ0n) is 18.7. The molecule has 2 aromatic heterocycles. The van der Waals surface area contributed by atoms with Crippen LogP contribution in [0, 0.1) is 12.8 Å². The molecule has 3 heterocycles. The lowest BCUT2D eigenvalue weighted by Crippen LogP contribution is -2.43. The third kappa shape index (κ3) is 5.32. The topological polar surface area (TPSA) is 67.3 Å². The Balaban J connectivity index is 1.54. The number of hydrogen-bond donors (Lipinski definition) is 1. The number of hydrogen-bond acceptors (Lipinski definition) is 5. The van der Waals surface area contributed by atoms with Gasteiger partial charge in [-0.1, -0.05) is 24.3 Å². The van der Waals surface area contributed by atoms with Gasteiger partial charge in [0, 0.05) is 25.0 Å². The fraction of sp³-hybridized carbons (Fsp3) is 0.346. The van der Waals surface area contributed by atoms with Crippen LogP contribution < -0.4 is 10.1 Å². The minimum Gasteiger partial charge on any atom is -0.496 e. The molecule has 166 valence electrons. The van der Waals surface area contributed by atoms with Crippen molar-refractivity contribution in [3.8, 4) is 5.75 Å². The lowest BCUT2D eigenvalue weighted by Gasteiger charge is -2.37. The Morgan fingerprint density at radius 3 is 2.78 bits per heavy atom. The summed E-state index contributed by atoms with van der Waals surface area (Å²) in [5.41, 5.74) is 3.54. The van der Waals surface area contributed by atoms with Crippen molar-refractivity contribution in [1.82, 2.24) is 20.2 Å². The van der Waals surface area contributed by atoms with E-state index < -0.39 is 0 Å². The number of rotatable bonds is 7. The number of methoxy groups -OCH3 is 1. The number of pyridine rings is 2. The van der Waals surface area contributed by atoms with Gasteiger partial charge in [-0.05, 0) is 68.6 Å². The van der Waals surface area contributed by atoms with Crippen LogP contribution in [0.5, 0.6) is 5.75 Å². The minimum atomic E-state index is -0.179. The number of piperidine rings is 1. The molecule has 0 spiro atoms. The molecule has 1 saturated heterocycles. The lowest BCUT2D eigenvalue weighted by atomic mass is 9.88. The first-order valence-corrected chi connectivity index (χ1v) is 11.1. The van der Waals surface area contributed by atoms with Crippen LogP contribution in [0.4, 0.5) is 0 Å². The van der Waals surface area contributed by atoms with Crippen LogP contribution in [-0.4, -0.2) is 41.0 Å². The maximum Gasteiger partial charge on any atom is 0.255 e. The molecule has 3 aromatic rings. The van der Waals surface area contributed by atoms with Gasteiger partial charge in [0.05, 0.1) is 30.1 Å². The van der Waals surface area contributed by atoms with Crippen molar-refractivity contribution in [3.63, 3.8) is 0 Å². The van der Waals surface area contributed by atoms with Crippen LogP contribution in [0.1, 0.15) is 46.3 Å². The number of carbonyl (C=O) groups is 1. The normalized spacial score (nSPS) is 17.5. The summed E-state index contributed by atoms with van der Waals surface area (Å²) in [5, 5.41) is 3.26. The summed E-state index contributed by atoms with van der Waals surface area (Å²) in [6.07, 6.45) is 3.89. The molecule has 1 fully saturated rings. The van der Waals surface area contributed by atoms with Gasteiger partial charge in [-0.2, -0.15) is 0 Å². The van der Waals surface area contributed by atoms with Gasteiger partial charge in [0.1, 0.15) is 5.75 Å². The van der Waals surface area contributed by atoms with Crippen molar-refractivity contribution in [2.75, 3.05) is 20.2 Å². The van der Waals surface area contributed by atoms with Gasteiger partial charge in [-0.25, -0.2) is 0 Å². The highest BCUT2D eigenvalue weighted by Gasteiger charge is 2.31. The first-order chi connectivity index (χ1) is 15.6. The average molecular weight is 431 g/mol. The molecule has 1 N–H and O–H groups in total. The van der Waals surface area contributed by atoms with Gasteiger partial charge < -0.3 is 10.1 Å². The fourth-order valence-corrected chi connectivity index (χ4v) is 4.47. The van der Waals surface area contributed by atoms with E-state index in [1.54, 1.807) is 19.4 Å². The van der Waals surface area contributed by atoms with Crippen molar-refractivity contribution in [2.24, 2.45) is 5.92 Å². The van der Waals surface area contributed by atoms with Crippen LogP contribution in [0.2, 0.25) is 0 Å². The molecule has 0 bridgehead atoms. The molecule has 0 saturated carbocycles. The summed E-state index contributed by atoms with van der Waals surface area (Å²) in [7, 11) is 1.58. The maximum atomic E-state index is 13.2. The zero-order chi connectivity index (χ0) is 22.3. The Labute approximate surface area is 189 Å². The standard InChI is InChI=1S/C26H30N4O2/c1-19-9-7-11-21(28-19)18-30-16-8-10-20(17-30)25(23-13-5-6-15-27-23)29-26(31)22-12-3-4-14-24(22)32-2/h3-7,9,11-15,20,25H,8,10,16-18H2,1-2H3,(H,29,31). The van der Waals surface area contributed by atoms with Crippen molar-refractivity contribution < 1.29 is 9.53 Å². The van der Waals surface area contributed by atoms with E-state index in [2.05, 4.69) is 32.3 Å². The number of nitrogens with zero attached hydrogens (tertiary/aromatic N) is 3. The number of carbonyl (C=O) groups excluding carboxylic acids is 1. The second-order valence-electron chi connectivity index (χ2n) is 8.31. The molecule has 1 aromatic carbocycles. The minimum absolute atomic E-state index is 0.143. The third-order valence-electron chi connectivity index (χ3n) is 5.99. The predicted octanol–water partition coefficient (Wildman–Crippen LogP) is 4.18. The van der Waals surface area contributed by atoms with Crippen LogP contribution >= 0.6 is 0 Å². The molecule has 6 nitrogen and oxygen atoms in total. The van der Waals surface area contributed by atoms with Crippen molar-refractivity contribution in [1.29, 1.82) is 0 Å². The van der Waals surface area contributed by atoms with Crippen molar-refractivity contribution in [3.05, 3.63) is 89.5 Å². The van der Waals surface area contributed by atoms with E-state index in [4.69, 9.17) is 4.74 Å². The largest absolute Gasteiger partial charge is 0.496 e. The van der Waals surface area contributed by atoms with Gasteiger partial charge in [0.15, 0.2) is 0 Å². The monoisotopic (exact) mass is 430 g/mol. The van der Waals surface area contributed by atoms with E-state index in [1.807, 2.05) is 49.4 Å². The quantitative estimate of drug-likeness (QED) is 0.609. The predicted molar refractivity (Wildman–Crippen MR) is 124 cm³/mol. The van der Waals surface area contributed by atoms with Gasteiger partial charge in [-0.3, -0.25) is 19.7 Å². The van der Waals surface area contributed by atoms with Crippen LogP contribution in [0.15, 0.2) is 66.9 Å². The van der Waals surface area contributed by atoms with Crippen LogP contribution in [0.25, 0.3) is 0 Å². The smallest absolute Gasteiger partial charge is 0.255 e. The first kappa shape index (κ1) is 22.0. The molecular formula is C26H30N4O2. The summed E-state index contributed by atoms with van der Waals surface area (Å²) < 4.78 is 5.40. The Morgan fingerprint density at radius 1 is 1.16 bits per heavy atom. The van der Waals surface area contributed by atoms with Crippen LogP contribution in [0.3, 0.4) is 0 Å². The third-order valence-corrected chi connectivity index (χ3v) is 5.99. The number of aryl methyl sites for hydroxylation is 1. The number of benzene rings is 1. The highest BCUT2D eigenvalue weighted by atomic mass is 16.5. The fourth-order valence-electron chi connectivity index (χ4n) is 4.47. The molecule has 32 heavy (non-hydrogen) atoms. The number of nitrogens with one attached hydrogen (secondary N) is 1. The highest BCUT2D eigenvalue weighted by Crippen LogP contribution is 2.30. The number of amides is 1. The highest BCUT2D eigenvalue weighted by molar-refractivity contribution is 5.97. The molecule has 1 aliphatic rings. The second-order valence-corrected chi connectivity index (χ2v) is 8.31. The molecule has 4 rings (SSSR count). The maximum absolute atomic E-state index is 13.2. The van der Waals surface area contributed by atoms with Gasteiger partial charge in [0.25, 0.3) is 5.91 Å². The molecule has 0 aliphatic carbocycles. The Bertz CT molecular complexity index is 1040. The number of ether oxygens (including phenoxy) is 1. The second kappa shape index (κ2) is 10.4. The molecule has 0 radical (unpaired) electrons. The molecule has 2 unspecified atom stereocenters. The summed E-state index contributed by atoms with van der Waals surface area (Å²) in [6.45, 7) is 4.74. The van der Waals surface area contributed by atoms with E-state index in [0.717, 1.165) is 49.6 Å². The lowest BCUT2D eigenvalue weighted by molar-refractivity contribution is 0.0871. The van der Waals surface area contributed by atoms with Crippen molar-refractivity contribution in [2.45, 2.75) is 32.4 Å². The molecular weight excluding hydrogens is 400 g/mol. The SMILES string of the molecule is COc1ccccc1C(=O)NC(c1ccccn1)C1CCCN(Cc2cccc(C)n2)C1. The molecule has 1 aliphatic heterocycles. The van der Waals surface area contributed by atoms with E-state index in [9.17, 15) is 4.79 Å². The Morgan fingerprint density at radius 2 is 2.00 bits per heavy atom. The molecule has 2 atom stereocenters. The number of likely N-dealkylation sites (tertiary alicyclic amines) is 1. The Hall–Kier alpha value is -3.25. The summed E-state index contributed by atoms with van der Waals surface area (Å²) in [6, 6.07) is 19.2. The zero-order valence-corrected chi connectivity index (χ0v) is 18.7. The molecule has 6 heteroatoms. The number of aromatic nitrogens is 2. The summed E-state index contributed by atoms with van der Waals surface area (Å²) >= 11 is 0. The Kier molecular flexibility index (Phi) is 7.12. The van der Waals surface area contributed by atoms with E-state index in [1.165, 1.54) is 0 Å². The first-order valence-electron chi connectivity index (χ1n) is 11.1. The van der Waals surface area contributed by atoms with Crippen LogP contribution in [-0.2, 0) is 6.54 Å². The number of para-hydroxylation sites is 1. The summed E-state index contributed by atoms with van der Waals surface area (Å²) in [4.78, 5) is 24.9. The van der Waals surface area contributed by atoms with Crippen molar-refractivity contribution >= 4 is 5.91 Å². The van der Waals surface area contributed by atoms with Gasteiger partial charge in [0.2, 0.25) is 0 Å². The average Bonchev–Trinajstić information content (AvgIpc) is 2.83. The van der Waals surface area contributed by atoms with E-state index >= 15 is 0 Å². The van der Waals surface area contributed by atoms with Gasteiger partial charge >= 0.3 is 0 Å². The summed E-state index contributed by atoms with van der Waals surface area (Å²) in [5.74, 6) is 0.679. The van der Waals surface area contributed by atoms with E-state index in [-0.39, 0.29) is 17.9 Å². The van der Waals surface area contributed by atoms with E-state index in [0.29, 0.717) is 11.3 Å².